The summed E-state index contributed by atoms with van der Waals surface area (Å²) in [6, 6.07) is 2.27. The van der Waals surface area contributed by atoms with Crippen LogP contribution in [0.4, 0.5) is 0 Å². The van der Waals surface area contributed by atoms with Crippen molar-refractivity contribution in [3.63, 3.8) is 0 Å². The molecule has 2 heterocycles. The minimum Gasteiger partial charge on any atom is -0.384 e. The molecule has 1 amide bonds. The largest absolute Gasteiger partial charge is 0.384 e. The molecule has 1 aromatic heterocycles. The molecule has 0 aliphatic carbocycles. The molecule has 1 saturated heterocycles. The smallest absolute Gasteiger partial charge is 0.255 e. The highest BCUT2D eigenvalue weighted by molar-refractivity contribution is 5.94. The Morgan fingerprint density at radius 3 is 2.75 bits per heavy atom. The standard InChI is InChI=1S/C16H20N2O2/c1-12-5-3-6-13(2)18(12)16(20)15-9-14(7-4-8-19)10-17-11-15/h9-13,19H,3,5-6,8H2,1-2H3/t12-,13+. The molecule has 2 atom stereocenters. The third-order valence-corrected chi connectivity index (χ3v) is 3.73. The van der Waals surface area contributed by atoms with Crippen LogP contribution in [0.25, 0.3) is 0 Å². The summed E-state index contributed by atoms with van der Waals surface area (Å²) >= 11 is 0. The summed E-state index contributed by atoms with van der Waals surface area (Å²) < 4.78 is 0. The van der Waals surface area contributed by atoms with Crippen LogP contribution in [-0.4, -0.2) is 39.6 Å². The molecule has 0 saturated carbocycles. The molecule has 4 nitrogen and oxygen atoms in total. The first-order chi connectivity index (χ1) is 9.63. The Morgan fingerprint density at radius 1 is 1.40 bits per heavy atom. The number of pyridine rings is 1. The minimum atomic E-state index is -0.196. The zero-order valence-corrected chi connectivity index (χ0v) is 12.0. The fraction of sp³-hybridized carbons (Fsp3) is 0.500. The van der Waals surface area contributed by atoms with E-state index in [0.29, 0.717) is 11.1 Å². The van der Waals surface area contributed by atoms with Crippen molar-refractivity contribution >= 4 is 5.91 Å². The molecule has 0 bridgehead atoms. The summed E-state index contributed by atoms with van der Waals surface area (Å²) in [6.07, 6.45) is 6.45. The van der Waals surface area contributed by atoms with Gasteiger partial charge in [-0.25, -0.2) is 0 Å². The number of likely N-dealkylation sites (tertiary alicyclic amines) is 1. The monoisotopic (exact) mass is 272 g/mol. The number of nitrogens with zero attached hydrogens (tertiary/aromatic N) is 2. The van der Waals surface area contributed by atoms with Gasteiger partial charge < -0.3 is 10.0 Å². The summed E-state index contributed by atoms with van der Waals surface area (Å²) in [5.74, 6) is 5.37. The van der Waals surface area contributed by atoms with Gasteiger partial charge in [0, 0.05) is 30.0 Å². The first-order valence-electron chi connectivity index (χ1n) is 7.01. The van der Waals surface area contributed by atoms with Crippen molar-refractivity contribution in [3.05, 3.63) is 29.6 Å². The fourth-order valence-corrected chi connectivity index (χ4v) is 2.74. The Labute approximate surface area is 119 Å². The molecule has 0 aromatic carbocycles. The van der Waals surface area contributed by atoms with Crippen LogP contribution in [0, 0.1) is 11.8 Å². The Hall–Kier alpha value is -1.86. The first kappa shape index (κ1) is 14.5. The second-order valence-electron chi connectivity index (χ2n) is 5.26. The zero-order valence-electron chi connectivity index (χ0n) is 12.0. The maximum absolute atomic E-state index is 12.6. The Kier molecular flexibility index (Phi) is 4.75. The van der Waals surface area contributed by atoms with E-state index in [1.54, 1.807) is 18.5 Å². The Bertz CT molecular complexity index is 535. The van der Waals surface area contributed by atoms with Crippen LogP contribution in [0.1, 0.15) is 49.0 Å². The highest BCUT2D eigenvalue weighted by Crippen LogP contribution is 2.24. The highest BCUT2D eigenvalue weighted by Gasteiger charge is 2.29. The summed E-state index contributed by atoms with van der Waals surface area (Å²) in [4.78, 5) is 18.7. The Balaban J connectivity index is 2.24. The van der Waals surface area contributed by atoms with Gasteiger partial charge in [-0.05, 0) is 39.2 Å². The van der Waals surface area contributed by atoms with Crippen molar-refractivity contribution in [2.75, 3.05) is 6.61 Å². The van der Waals surface area contributed by atoms with Gasteiger partial charge in [-0.2, -0.15) is 0 Å². The number of aliphatic hydroxyl groups is 1. The van der Waals surface area contributed by atoms with E-state index in [2.05, 4.69) is 30.7 Å². The molecule has 4 heteroatoms. The van der Waals surface area contributed by atoms with Crippen molar-refractivity contribution in [2.24, 2.45) is 0 Å². The third-order valence-electron chi connectivity index (χ3n) is 3.73. The summed E-state index contributed by atoms with van der Waals surface area (Å²) in [7, 11) is 0. The van der Waals surface area contributed by atoms with Crippen LogP contribution in [0.2, 0.25) is 0 Å². The number of carbonyl (C=O) groups is 1. The number of hydrogen-bond acceptors (Lipinski definition) is 3. The lowest BCUT2D eigenvalue weighted by molar-refractivity contribution is 0.0510. The molecule has 1 fully saturated rings. The number of hydrogen-bond donors (Lipinski definition) is 1. The lowest BCUT2D eigenvalue weighted by Gasteiger charge is -2.39. The van der Waals surface area contributed by atoms with E-state index in [0.717, 1.165) is 12.8 Å². The molecule has 1 aromatic rings. The van der Waals surface area contributed by atoms with Crippen LogP contribution in [0.15, 0.2) is 18.5 Å². The maximum Gasteiger partial charge on any atom is 0.255 e. The third kappa shape index (κ3) is 3.17. The number of carbonyl (C=O) groups excluding carboxylic acids is 1. The lowest BCUT2D eigenvalue weighted by atomic mass is 9.96. The number of piperidine rings is 1. The summed E-state index contributed by atoms with van der Waals surface area (Å²) in [5, 5.41) is 8.71. The molecule has 0 spiro atoms. The zero-order chi connectivity index (χ0) is 14.5. The highest BCUT2D eigenvalue weighted by atomic mass is 16.2. The molecule has 2 rings (SSSR count). The van der Waals surface area contributed by atoms with Gasteiger partial charge in [-0.15, -0.1) is 0 Å². The lowest BCUT2D eigenvalue weighted by Crippen LogP contribution is -2.47. The van der Waals surface area contributed by atoms with Crippen molar-refractivity contribution < 1.29 is 9.90 Å². The van der Waals surface area contributed by atoms with Gasteiger partial charge in [-0.1, -0.05) is 11.8 Å². The second kappa shape index (κ2) is 6.53. The molecule has 1 aliphatic rings. The normalized spacial score (nSPS) is 22.1. The van der Waals surface area contributed by atoms with E-state index in [1.165, 1.54) is 6.42 Å². The van der Waals surface area contributed by atoms with Gasteiger partial charge in [0.2, 0.25) is 0 Å². The maximum atomic E-state index is 12.6. The van der Waals surface area contributed by atoms with Crippen LogP contribution >= 0.6 is 0 Å². The van der Waals surface area contributed by atoms with Gasteiger partial charge >= 0.3 is 0 Å². The SMILES string of the molecule is C[C@@H]1CCC[C@H](C)N1C(=O)c1cncc(C#CCO)c1. The topological polar surface area (TPSA) is 53.4 Å². The number of amides is 1. The molecule has 106 valence electrons. The molecule has 0 radical (unpaired) electrons. The van der Waals surface area contributed by atoms with Crippen molar-refractivity contribution in [2.45, 2.75) is 45.2 Å². The van der Waals surface area contributed by atoms with E-state index in [4.69, 9.17) is 5.11 Å². The molecule has 20 heavy (non-hydrogen) atoms. The second-order valence-corrected chi connectivity index (χ2v) is 5.26. The van der Waals surface area contributed by atoms with E-state index in [1.807, 2.05) is 4.90 Å². The summed E-state index contributed by atoms with van der Waals surface area (Å²) in [5.41, 5.74) is 1.22. The first-order valence-corrected chi connectivity index (χ1v) is 7.01. The van der Waals surface area contributed by atoms with Crippen molar-refractivity contribution in [1.29, 1.82) is 0 Å². The molecule has 1 aliphatic heterocycles. The quantitative estimate of drug-likeness (QED) is 0.794. The van der Waals surface area contributed by atoms with Crippen LogP contribution in [0.3, 0.4) is 0 Å². The van der Waals surface area contributed by atoms with Gasteiger partial charge in [0.15, 0.2) is 0 Å². The van der Waals surface area contributed by atoms with E-state index in [-0.39, 0.29) is 24.6 Å². The number of rotatable bonds is 1. The van der Waals surface area contributed by atoms with Crippen LogP contribution in [-0.2, 0) is 0 Å². The van der Waals surface area contributed by atoms with Crippen molar-refractivity contribution in [3.8, 4) is 11.8 Å². The van der Waals surface area contributed by atoms with Gasteiger partial charge in [0.05, 0.1) is 5.56 Å². The average molecular weight is 272 g/mol. The predicted molar refractivity (Wildman–Crippen MR) is 77.1 cm³/mol. The predicted octanol–water partition coefficient (Wildman–Crippen LogP) is 1.83. The van der Waals surface area contributed by atoms with E-state index >= 15 is 0 Å². The summed E-state index contributed by atoms with van der Waals surface area (Å²) in [6.45, 7) is 3.99. The van der Waals surface area contributed by atoms with Gasteiger partial charge in [0.25, 0.3) is 5.91 Å². The van der Waals surface area contributed by atoms with Crippen LogP contribution < -0.4 is 0 Å². The van der Waals surface area contributed by atoms with Crippen molar-refractivity contribution in [1.82, 2.24) is 9.88 Å². The van der Waals surface area contributed by atoms with E-state index < -0.39 is 0 Å². The minimum absolute atomic E-state index is 0.0184. The molecule has 0 unspecified atom stereocenters. The van der Waals surface area contributed by atoms with Crippen LogP contribution in [0.5, 0.6) is 0 Å². The number of aromatic nitrogens is 1. The number of aliphatic hydroxyl groups excluding tert-OH is 1. The Morgan fingerprint density at radius 2 is 2.10 bits per heavy atom. The van der Waals surface area contributed by atoms with E-state index in [9.17, 15) is 4.79 Å². The average Bonchev–Trinajstić information content (AvgIpc) is 2.45. The molecule has 1 N–H and O–H groups in total. The fourth-order valence-electron chi connectivity index (χ4n) is 2.74. The molecular weight excluding hydrogens is 252 g/mol. The molecular formula is C16H20N2O2. The van der Waals surface area contributed by atoms with Gasteiger partial charge in [0.1, 0.15) is 6.61 Å². The van der Waals surface area contributed by atoms with Gasteiger partial charge in [-0.3, -0.25) is 9.78 Å².